The van der Waals surface area contributed by atoms with Crippen LogP contribution in [0.4, 0.5) is 0 Å². The van der Waals surface area contributed by atoms with Crippen LogP contribution in [0.1, 0.15) is 26.7 Å². The molecule has 16 heavy (non-hydrogen) atoms. The van der Waals surface area contributed by atoms with Gasteiger partial charge in [-0.05, 0) is 39.3 Å². The molecule has 0 amide bonds. The average Bonchev–Trinajstić information content (AvgIpc) is 2.65. The van der Waals surface area contributed by atoms with Gasteiger partial charge in [-0.2, -0.15) is 0 Å². The minimum absolute atomic E-state index is 0.114. The zero-order valence-electron chi connectivity index (χ0n) is 10.7. The Morgan fingerprint density at radius 2 is 2.31 bits per heavy atom. The van der Waals surface area contributed by atoms with Crippen LogP contribution in [0, 0.1) is 5.92 Å². The average molecular weight is 228 g/mol. The van der Waals surface area contributed by atoms with E-state index in [0.29, 0.717) is 12.5 Å². The predicted octanol–water partition coefficient (Wildman–Crippen LogP) is 0.869. The van der Waals surface area contributed by atoms with E-state index < -0.39 is 0 Å². The van der Waals surface area contributed by atoms with Gasteiger partial charge in [-0.15, -0.1) is 0 Å². The number of hydrogen-bond acceptors (Lipinski definition) is 4. The molecule has 0 bridgehead atoms. The SMILES string of the molecule is CCOC(=O)C(CC)NCC1CCN(C)C1. The number of hydrogen-bond donors (Lipinski definition) is 1. The van der Waals surface area contributed by atoms with Gasteiger partial charge in [0, 0.05) is 13.1 Å². The van der Waals surface area contributed by atoms with Crippen LogP contribution in [0.2, 0.25) is 0 Å². The standard InChI is InChI=1S/C12H24N2O2/c1-4-11(12(15)16-5-2)13-8-10-6-7-14(3)9-10/h10-11,13H,4-9H2,1-3H3. The summed E-state index contributed by atoms with van der Waals surface area (Å²) in [6.07, 6.45) is 2.02. The third-order valence-corrected chi connectivity index (χ3v) is 3.12. The van der Waals surface area contributed by atoms with E-state index in [9.17, 15) is 4.79 Å². The first-order chi connectivity index (χ1) is 7.67. The minimum Gasteiger partial charge on any atom is -0.465 e. The van der Waals surface area contributed by atoms with E-state index in [-0.39, 0.29) is 12.0 Å². The first kappa shape index (κ1) is 13.5. The number of carbonyl (C=O) groups excluding carboxylic acids is 1. The molecule has 2 atom stereocenters. The van der Waals surface area contributed by atoms with Crippen molar-refractivity contribution in [1.82, 2.24) is 10.2 Å². The van der Waals surface area contributed by atoms with Crippen molar-refractivity contribution in [3.63, 3.8) is 0 Å². The molecule has 0 saturated carbocycles. The summed E-state index contributed by atoms with van der Waals surface area (Å²) < 4.78 is 5.02. The molecular formula is C12H24N2O2. The van der Waals surface area contributed by atoms with Crippen molar-refractivity contribution in [3.8, 4) is 0 Å². The Kier molecular flexibility index (Phi) is 5.77. The fraction of sp³-hybridized carbons (Fsp3) is 0.917. The summed E-state index contributed by atoms with van der Waals surface area (Å²) in [4.78, 5) is 13.9. The smallest absolute Gasteiger partial charge is 0.323 e. The van der Waals surface area contributed by atoms with E-state index >= 15 is 0 Å². The molecule has 1 fully saturated rings. The molecule has 1 rings (SSSR count). The lowest BCUT2D eigenvalue weighted by Gasteiger charge is -2.18. The van der Waals surface area contributed by atoms with Crippen molar-refractivity contribution in [1.29, 1.82) is 0 Å². The van der Waals surface area contributed by atoms with Crippen LogP contribution in [0.15, 0.2) is 0 Å². The molecule has 0 spiro atoms. The van der Waals surface area contributed by atoms with Gasteiger partial charge in [-0.3, -0.25) is 4.79 Å². The fourth-order valence-corrected chi connectivity index (χ4v) is 2.14. The second-order valence-electron chi connectivity index (χ2n) is 4.54. The number of nitrogens with zero attached hydrogens (tertiary/aromatic N) is 1. The second-order valence-corrected chi connectivity index (χ2v) is 4.54. The Morgan fingerprint density at radius 3 is 2.81 bits per heavy atom. The van der Waals surface area contributed by atoms with Gasteiger partial charge in [0.25, 0.3) is 0 Å². The highest BCUT2D eigenvalue weighted by Gasteiger charge is 2.22. The summed E-state index contributed by atoms with van der Waals surface area (Å²) in [5, 5.41) is 3.32. The number of rotatable bonds is 6. The maximum atomic E-state index is 11.5. The van der Waals surface area contributed by atoms with E-state index in [2.05, 4.69) is 17.3 Å². The highest BCUT2D eigenvalue weighted by atomic mass is 16.5. The van der Waals surface area contributed by atoms with Crippen molar-refractivity contribution in [2.75, 3.05) is 33.3 Å². The number of esters is 1. The quantitative estimate of drug-likeness (QED) is 0.685. The van der Waals surface area contributed by atoms with Crippen LogP contribution in [0.5, 0.6) is 0 Å². The summed E-state index contributed by atoms with van der Waals surface area (Å²) in [7, 11) is 2.14. The maximum Gasteiger partial charge on any atom is 0.323 e. The predicted molar refractivity (Wildman–Crippen MR) is 64.3 cm³/mol. The third-order valence-electron chi connectivity index (χ3n) is 3.12. The molecule has 4 heteroatoms. The van der Waals surface area contributed by atoms with Gasteiger partial charge in [0.15, 0.2) is 0 Å². The molecule has 0 aliphatic carbocycles. The van der Waals surface area contributed by atoms with Gasteiger partial charge in [0.2, 0.25) is 0 Å². The third kappa shape index (κ3) is 4.10. The molecule has 1 heterocycles. The van der Waals surface area contributed by atoms with Crippen molar-refractivity contribution in [3.05, 3.63) is 0 Å². The molecule has 1 aliphatic rings. The van der Waals surface area contributed by atoms with E-state index in [1.165, 1.54) is 13.0 Å². The second kappa shape index (κ2) is 6.86. The highest BCUT2D eigenvalue weighted by Crippen LogP contribution is 2.13. The van der Waals surface area contributed by atoms with Crippen molar-refractivity contribution in [2.24, 2.45) is 5.92 Å². The van der Waals surface area contributed by atoms with Crippen LogP contribution < -0.4 is 5.32 Å². The molecule has 1 N–H and O–H groups in total. The zero-order valence-corrected chi connectivity index (χ0v) is 10.7. The summed E-state index contributed by atoms with van der Waals surface area (Å²) in [6, 6.07) is -0.133. The summed E-state index contributed by atoms with van der Waals surface area (Å²) >= 11 is 0. The Labute approximate surface area is 98.3 Å². The number of carbonyl (C=O) groups is 1. The van der Waals surface area contributed by atoms with Gasteiger partial charge in [0.05, 0.1) is 6.61 Å². The molecule has 0 aromatic carbocycles. The first-order valence-corrected chi connectivity index (χ1v) is 6.25. The first-order valence-electron chi connectivity index (χ1n) is 6.25. The van der Waals surface area contributed by atoms with E-state index in [1.807, 2.05) is 13.8 Å². The maximum absolute atomic E-state index is 11.5. The number of ether oxygens (including phenoxy) is 1. The van der Waals surface area contributed by atoms with Crippen LogP contribution >= 0.6 is 0 Å². The molecule has 1 aliphatic heterocycles. The van der Waals surface area contributed by atoms with Crippen LogP contribution in [-0.2, 0) is 9.53 Å². The molecule has 94 valence electrons. The number of likely N-dealkylation sites (tertiary alicyclic amines) is 1. The minimum atomic E-state index is -0.133. The molecule has 0 aromatic heterocycles. The monoisotopic (exact) mass is 228 g/mol. The van der Waals surface area contributed by atoms with E-state index in [1.54, 1.807) is 0 Å². The fourth-order valence-electron chi connectivity index (χ4n) is 2.14. The normalized spacial score (nSPS) is 23.3. The van der Waals surface area contributed by atoms with Crippen molar-refractivity contribution < 1.29 is 9.53 Å². The van der Waals surface area contributed by atoms with Crippen molar-refractivity contribution in [2.45, 2.75) is 32.7 Å². The lowest BCUT2D eigenvalue weighted by atomic mass is 10.1. The van der Waals surface area contributed by atoms with Gasteiger partial charge < -0.3 is 15.0 Å². The molecule has 0 radical (unpaired) electrons. The molecule has 2 unspecified atom stereocenters. The lowest BCUT2D eigenvalue weighted by Crippen LogP contribution is -2.40. The lowest BCUT2D eigenvalue weighted by molar-refractivity contribution is -0.145. The Bertz CT molecular complexity index is 221. The molecular weight excluding hydrogens is 204 g/mol. The van der Waals surface area contributed by atoms with Crippen LogP contribution in [-0.4, -0.2) is 50.2 Å². The van der Waals surface area contributed by atoms with Gasteiger partial charge in [-0.25, -0.2) is 0 Å². The topological polar surface area (TPSA) is 41.6 Å². The molecule has 0 aromatic rings. The Balaban J connectivity index is 2.25. The van der Waals surface area contributed by atoms with Gasteiger partial charge in [-0.1, -0.05) is 6.92 Å². The summed E-state index contributed by atoms with van der Waals surface area (Å²) in [6.45, 7) is 7.53. The van der Waals surface area contributed by atoms with Gasteiger partial charge in [0.1, 0.15) is 6.04 Å². The molecule has 4 nitrogen and oxygen atoms in total. The van der Waals surface area contributed by atoms with Gasteiger partial charge >= 0.3 is 5.97 Å². The zero-order chi connectivity index (χ0) is 12.0. The molecule has 1 saturated heterocycles. The van der Waals surface area contributed by atoms with E-state index in [4.69, 9.17) is 4.74 Å². The Morgan fingerprint density at radius 1 is 1.56 bits per heavy atom. The van der Waals surface area contributed by atoms with Crippen molar-refractivity contribution >= 4 is 5.97 Å². The largest absolute Gasteiger partial charge is 0.465 e. The Hall–Kier alpha value is -0.610. The van der Waals surface area contributed by atoms with Crippen LogP contribution in [0.3, 0.4) is 0 Å². The summed E-state index contributed by atoms with van der Waals surface area (Å²) in [5.74, 6) is 0.560. The summed E-state index contributed by atoms with van der Waals surface area (Å²) in [5.41, 5.74) is 0. The van der Waals surface area contributed by atoms with Crippen LogP contribution in [0.25, 0.3) is 0 Å². The number of nitrogens with one attached hydrogen (secondary N) is 1. The van der Waals surface area contributed by atoms with E-state index in [0.717, 1.165) is 19.5 Å². The highest BCUT2D eigenvalue weighted by molar-refractivity contribution is 5.75.